The lowest BCUT2D eigenvalue weighted by molar-refractivity contribution is 0.131. The third-order valence-electron chi connectivity index (χ3n) is 4.22. The Morgan fingerprint density at radius 1 is 1.37 bits per heavy atom. The molecule has 0 aromatic heterocycles. The Morgan fingerprint density at radius 2 is 2.11 bits per heavy atom. The van der Waals surface area contributed by atoms with Gasteiger partial charge in [-0.15, -0.1) is 0 Å². The molecule has 1 fully saturated rings. The zero-order valence-corrected chi connectivity index (χ0v) is 13.0. The third kappa shape index (κ3) is 4.23. The monoisotopic (exact) mass is 278 g/mol. The molecule has 106 valence electrons. The van der Waals surface area contributed by atoms with Gasteiger partial charge in [0.2, 0.25) is 0 Å². The molecule has 19 heavy (non-hydrogen) atoms. The first kappa shape index (κ1) is 14.9. The van der Waals surface area contributed by atoms with Crippen LogP contribution in [0.5, 0.6) is 0 Å². The Bertz CT molecular complexity index is 368. The summed E-state index contributed by atoms with van der Waals surface area (Å²) in [7, 11) is 4.50. The van der Waals surface area contributed by atoms with Gasteiger partial charge in [-0.1, -0.05) is 30.3 Å². The van der Waals surface area contributed by atoms with E-state index in [1.807, 2.05) is 0 Å². The maximum Gasteiger partial charge on any atom is 0.0220 e. The first-order valence-electron chi connectivity index (χ1n) is 7.25. The summed E-state index contributed by atoms with van der Waals surface area (Å²) in [6.07, 6.45) is 2.65. The molecule has 2 rings (SSSR count). The van der Waals surface area contributed by atoms with Crippen LogP contribution in [-0.4, -0.2) is 55.3 Å². The molecule has 0 radical (unpaired) electrons. The number of thiol groups is 1. The normalized spacial score (nSPS) is 22.6. The summed E-state index contributed by atoms with van der Waals surface area (Å²) in [6.45, 7) is 3.55. The molecule has 1 saturated heterocycles. The van der Waals surface area contributed by atoms with Crippen LogP contribution in [0.3, 0.4) is 0 Å². The molecule has 1 aliphatic heterocycles. The van der Waals surface area contributed by atoms with Crippen LogP contribution in [0.1, 0.15) is 24.3 Å². The number of likely N-dealkylation sites (tertiary alicyclic amines) is 1. The second-order valence-electron chi connectivity index (χ2n) is 5.79. The van der Waals surface area contributed by atoms with Crippen molar-refractivity contribution in [1.82, 2.24) is 9.80 Å². The van der Waals surface area contributed by atoms with Crippen LogP contribution in [0.25, 0.3) is 0 Å². The lowest BCUT2D eigenvalue weighted by Crippen LogP contribution is -2.46. The molecular formula is C16H26N2S. The Morgan fingerprint density at radius 3 is 2.74 bits per heavy atom. The molecule has 0 amide bonds. The van der Waals surface area contributed by atoms with E-state index in [1.54, 1.807) is 0 Å². The van der Waals surface area contributed by atoms with Crippen molar-refractivity contribution in [2.45, 2.75) is 24.8 Å². The number of piperidine rings is 1. The highest BCUT2D eigenvalue weighted by Gasteiger charge is 2.23. The smallest absolute Gasteiger partial charge is 0.0220 e. The van der Waals surface area contributed by atoms with Crippen LogP contribution in [0.4, 0.5) is 0 Å². The van der Waals surface area contributed by atoms with E-state index >= 15 is 0 Å². The molecular weight excluding hydrogens is 252 g/mol. The van der Waals surface area contributed by atoms with Gasteiger partial charge in [0, 0.05) is 25.0 Å². The van der Waals surface area contributed by atoms with Gasteiger partial charge in [0.1, 0.15) is 0 Å². The highest BCUT2D eigenvalue weighted by Crippen LogP contribution is 2.21. The van der Waals surface area contributed by atoms with Gasteiger partial charge >= 0.3 is 0 Å². The van der Waals surface area contributed by atoms with E-state index in [1.165, 1.54) is 31.5 Å². The predicted molar refractivity (Wildman–Crippen MR) is 86.2 cm³/mol. The highest BCUT2D eigenvalue weighted by molar-refractivity contribution is 7.80. The van der Waals surface area contributed by atoms with Gasteiger partial charge in [-0.05, 0) is 44.8 Å². The van der Waals surface area contributed by atoms with E-state index in [-0.39, 0.29) is 0 Å². The van der Waals surface area contributed by atoms with E-state index in [9.17, 15) is 0 Å². The molecule has 0 saturated carbocycles. The molecule has 1 heterocycles. The Hall–Kier alpha value is -0.510. The van der Waals surface area contributed by atoms with Crippen molar-refractivity contribution >= 4 is 12.6 Å². The van der Waals surface area contributed by atoms with E-state index in [0.29, 0.717) is 12.0 Å². The Balaban J connectivity index is 1.94. The summed E-state index contributed by atoms with van der Waals surface area (Å²) in [5.74, 6) is 1.44. The molecule has 0 N–H and O–H groups in total. The molecule has 1 aromatic rings. The summed E-state index contributed by atoms with van der Waals surface area (Å²) >= 11 is 4.55. The third-order valence-corrected chi connectivity index (χ3v) is 4.66. The number of hydrogen-bond acceptors (Lipinski definition) is 3. The van der Waals surface area contributed by atoms with Crippen LogP contribution < -0.4 is 0 Å². The first-order valence-corrected chi connectivity index (χ1v) is 7.88. The summed E-state index contributed by atoms with van der Waals surface area (Å²) in [6, 6.07) is 11.5. The van der Waals surface area contributed by atoms with E-state index in [4.69, 9.17) is 0 Å². The van der Waals surface area contributed by atoms with Crippen molar-refractivity contribution < 1.29 is 0 Å². The zero-order valence-electron chi connectivity index (χ0n) is 12.1. The fourth-order valence-corrected chi connectivity index (χ4v) is 3.32. The van der Waals surface area contributed by atoms with Gasteiger partial charge in [-0.2, -0.15) is 12.6 Å². The number of nitrogens with zero attached hydrogens (tertiary/aromatic N) is 2. The van der Waals surface area contributed by atoms with Crippen molar-refractivity contribution in [3.8, 4) is 0 Å². The maximum absolute atomic E-state index is 4.55. The largest absolute Gasteiger partial charge is 0.305 e. The van der Waals surface area contributed by atoms with Crippen LogP contribution in [0.2, 0.25) is 0 Å². The molecule has 2 nitrogen and oxygen atoms in total. The van der Waals surface area contributed by atoms with Crippen molar-refractivity contribution in [3.05, 3.63) is 35.9 Å². The minimum absolute atomic E-state index is 0.529. The van der Waals surface area contributed by atoms with Gasteiger partial charge in [-0.3, -0.25) is 0 Å². The average molecular weight is 278 g/mol. The fraction of sp³-hybridized carbons (Fsp3) is 0.625. The van der Waals surface area contributed by atoms with Crippen LogP contribution in [0.15, 0.2) is 30.3 Å². The zero-order chi connectivity index (χ0) is 13.7. The SMILES string of the molecule is CN1CCCC(N(C)CC(CS)c2ccccc2)C1. The molecule has 2 unspecified atom stereocenters. The quantitative estimate of drug-likeness (QED) is 0.828. The molecule has 0 spiro atoms. The number of benzene rings is 1. The highest BCUT2D eigenvalue weighted by atomic mass is 32.1. The summed E-state index contributed by atoms with van der Waals surface area (Å²) in [4.78, 5) is 4.98. The van der Waals surface area contributed by atoms with E-state index in [2.05, 4.69) is 66.9 Å². The lowest BCUT2D eigenvalue weighted by Gasteiger charge is -2.37. The van der Waals surface area contributed by atoms with Crippen LogP contribution in [0, 0.1) is 0 Å². The Kier molecular flexibility index (Phi) is 5.74. The Labute approximate surface area is 123 Å². The number of likely N-dealkylation sites (N-methyl/N-ethyl adjacent to an activating group) is 2. The molecule has 1 aromatic carbocycles. The summed E-state index contributed by atoms with van der Waals surface area (Å²) < 4.78 is 0. The molecule has 3 heteroatoms. The van der Waals surface area contributed by atoms with Crippen LogP contribution >= 0.6 is 12.6 Å². The van der Waals surface area contributed by atoms with E-state index < -0.39 is 0 Å². The van der Waals surface area contributed by atoms with Crippen molar-refractivity contribution in [3.63, 3.8) is 0 Å². The minimum atomic E-state index is 0.529. The van der Waals surface area contributed by atoms with Crippen molar-refractivity contribution in [2.75, 3.05) is 39.5 Å². The van der Waals surface area contributed by atoms with Crippen molar-refractivity contribution in [2.24, 2.45) is 0 Å². The first-order chi connectivity index (χ1) is 9.20. The van der Waals surface area contributed by atoms with Gasteiger partial charge in [-0.25, -0.2) is 0 Å². The minimum Gasteiger partial charge on any atom is -0.305 e. The summed E-state index contributed by atoms with van der Waals surface area (Å²) in [5.41, 5.74) is 1.41. The topological polar surface area (TPSA) is 6.48 Å². The van der Waals surface area contributed by atoms with Gasteiger partial charge < -0.3 is 9.80 Å². The number of hydrogen-bond donors (Lipinski definition) is 1. The van der Waals surface area contributed by atoms with Gasteiger partial charge in [0.15, 0.2) is 0 Å². The lowest BCUT2D eigenvalue weighted by atomic mass is 9.98. The average Bonchev–Trinajstić information content (AvgIpc) is 2.45. The van der Waals surface area contributed by atoms with E-state index in [0.717, 1.165) is 12.3 Å². The molecule has 2 atom stereocenters. The molecule has 0 bridgehead atoms. The number of rotatable bonds is 5. The molecule has 0 aliphatic carbocycles. The van der Waals surface area contributed by atoms with Gasteiger partial charge in [0.05, 0.1) is 0 Å². The second kappa shape index (κ2) is 7.32. The maximum atomic E-state index is 4.55. The second-order valence-corrected chi connectivity index (χ2v) is 6.15. The predicted octanol–water partition coefficient (Wildman–Crippen LogP) is 2.73. The van der Waals surface area contributed by atoms with Gasteiger partial charge in [0.25, 0.3) is 0 Å². The standard InChI is InChI=1S/C16H26N2S/c1-17-10-6-9-16(12-17)18(2)11-15(13-19)14-7-4-3-5-8-14/h3-5,7-8,15-16,19H,6,9-13H2,1-2H3. The van der Waals surface area contributed by atoms with Crippen LogP contribution in [-0.2, 0) is 0 Å². The van der Waals surface area contributed by atoms with Crippen molar-refractivity contribution in [1.29, 1.82) is 0 Å². The fourth-order valence-electron chi connectivity index (χ4n) is 2.99. The molecule has 1 aliphatic rings. The summed E-state index contributed by atoms with van der Waals surface area (Å²) in [5, 5.41) is 0.